The van der Waals surface area contributed by atoms with E-state index in [0.717, 1.165) is 41.1 Å². The lowest BCUT2D eigenvalue weighted by atomic mass is 9.73. The van der Waals surface area contributed by atoms with Gasteiger partial charge in [-0.3, -0.25) is 9.59 Å². The number of anilines is 2. The first-order valence-electron chi connectivity index (χ1n) is 11.6. The lowest BCUT2D eigenvalue weighted by Gasteiger charge is -2.38. The molecule has 0 unspecified atom stereocenters. The monoisotopic (exact) mass is 447 g/mol. The molecule has 0 aromatic heterocycles. The summed E-state index contributed by atoms with van der Waals surface area (Å²) < 4.78 is 5.72. The standard InChI is InChI=1S/C27H33N3O3/c1-5-14-28-24(32)17-30-21-12-8-7-11-19(21)29-20-15-27(2,3)16-22(31)25(20)26(30)18-10-6-9-13-23(18)33-4/h6-13,26,29H,5,14-17H2,1-4H3,(H,28,32)/t26-/m0/s1. The molecule has 174 valence electrons. The summed E-state index contributed by atoms with van der Waals surface area (Å²) in [5.74, 6) is 0.737. The highest BCUT2D eigenvalue weighted by molar-refractivity contribution is 6.02. The van der Waals surface area contributed by atoms with Crippen LogP contribution in [0.4, 0.5) is 11.4 Å². The van der Waals surface area contributed by atoms with Crippen LogP contribution in [0.5, 0.6) is 5.75 Å². The van der Waals surface area contributed by atoms with Crippen molar-refractivity contribution in [1.29, 1.82) is 0 Å². The van der Waals surface area contributed by atoms with E-state index in [0.29, 0.717) is 18.7 Å². The molecule has 33 heavy (non-hydrogen) atoms. The number of allylic oxidation sites excluding steroid dienone is 1. The van der Waals surface area contributed by atoms with Gasteiger partial charge in [-0.05, 0) is 36.5 Å². The highest BCUT2D eigenvalue weighted by atomic mass is 16.5. The molecule has 4 rings (SSSR count). The molecular formula is C27H33N3O3. The van der Waals surface area contributed by atoms with Crippen LogP contribution in [-0.4, -0.2) is 31.9 Å². The lowest BCUT2D eigenvalue weighted by molar-refractivity contribution is -0.120. The van der Waals surface area contributed by atoms with Gasteiger partial charge in [0.05, 0.1) is 31.1 Å². The average molecular weight is 448 g/mol. The van der Waals surface area contributed by atoms with Crippen LogP contribution in [0.2, 0.25) is 0 Å². The van der Waals surface area contributed by atoms with Crippen LogP contribution in [0.25, 0.3) is 0 Å². The summed E-state index contributed by atoms with van der Waals surface area (Å²) in [7, 11) is 1.64. The summed E-state index contributed by atoms with van der Waals surface area (Å²) in [5.41, 5.74) is 4.17. The number of fused-ring (bicyclic) bond motifs is 1. The molecule has 1 amide bonds. The molecule has 2 aromatic rings. The molecule has 0 spiro atoms. The molecule has 2 aliphatic rings. The number of hydrogen-bond donors (Lipinski definition) is 2. The second kappa shape index (κ2) is 9.30. The molecule has 6 nitrogen and oxygen atoms in total. The maximum Gasteiger partial charge on any atom is 0.239 e. The zero-order chi connectivity index (χ0) is 23.6. The summed E-state index contributed by atoms with van der Waals surface area (Å²) in [6.45, 7) is 7.03. The van der Waals surface area contributed by atoms with Crippen LogP contribution in [0.3, 0.4) is 0 Å². The van der Waals surface area contributed by atoms with Crippen molar-refractivity contribution >= 4 is 23.1 Å². The number of nitrogens with one attached hydrogen (secondary N) is 2. The van der Waals surface area contributed by atoms with Gasteiger partial charge in [0.15, 0.2) is 5.78 Å². The summed E-state index contributed by atoms with van der Waals surface area (Å²) in [6.07, 6.45) is 2.08. The van der Waals surface area contributed by atoms with E-state index in [1.807, 2.05) is 60.4 Å². The summed E-state index contributed by atoms with van der Waals surface area (Å²) in [5, 5.41) is 6.57. The number of nitrogens with zero attached hydrogens (tertiary/aromatic N) is 1. The van der Waals surface area contributed by atoms with Crippen molar-refractivity contribution in [3.63, 3.8) is 0 Å². The minimum Gasteiger partial charge on any atom is -0.496 e. The predicted molar refractivity (Wildman–Crippen MR) is 131 cm³/mol. The number of ketones is 1. The molecule has 1 aliphatic heterocycles. The van der Waals surface area contributed by atoms with Crippen LogP contribution in [0.1, 0.15) is 51.6 Å². The van der Waals surface area contributed by atoms with Gasteiger partial charge >= 0.3 is 0 Å². The van der Waals surface area contributed by atoms with E-state index in [9.17, 15) is 9.59 Å². The Balaban J connectivity index is 1.94. The number of benzene rings is 2. The zero-order valence-corrected chi connectivity index (χ0v) is 19.9. The molecular weight excluding hydrogens is 414 g/mol. The van der Waals surface area contributed by atoms with Gasteiger partial charge in [-0.1, -0.05) is 51.1 Å². The number of Topliss-reactive ketones (excluding diaryl/α,β-unsaturated/α-hetero) is 1. The molecule has 0 bridgehead atoms. The minimum absolute atomic E-state index is 0.0702. The van der Waals surface area contributed by atoms with E-state index in [-0.39, 0.29) is 23.7 Å². The Bertz CT molecular complexity index is 1090. The molecule has 0 saturated carbocycles. The highest BCUT2D eigenvalue weighted by Crippen LogP contribution is 2.49. The third-order valence-electron chi connectivity index (χ3n) is 6.32. The largest absolute Gasteiger partial charge is 0.496 e. The average Bonchev–Trinajstić information content (AvgIpc) is 2.91. The first kappa shape index (κ1) is 22.9. The predicted octanol–water partition coefficient (Wildman–Crippen LogP) is 4.84. The number of carbonyl (C=O) groups is 2. The Labute approximate surface area is 196 Å². The molecule has 1 aliphatic carbocycles. The molecule has 0 fully saturated rings. The maximum absolute atomic E-state index is 13.7. The van der Waals surface area contributed by atoms with Gasteiger partial charge in [0, 0.05) is 29.8 Å². The van der Waals surface area contributed by atoms with E-state index < -0.39 is 6.04 Å². The van der Waals surface area contributed by atoms with Crippen molar-refractivity contribution in [2.24, 2.45) is 5.41 Å². The van der Waals surface area contributed by atoms with Crippen molar-refractivity contribution in [3.05, 3.63) is 65.4 Å². The number of para-hydroxylation sites is 3. The quantitative estimate of drug-likeness (QED) is 0.663. The van der Waals surface area contributed by atoms with E-state index in [1.54, 1.807) is 7.11 Å². The SMILES string of the molecule is CCCNC(=O)CN1c2ccccc2NC2=C(C(=O)CC(C)(C)C2)[C@@H]1c1ccccc1OC. The fourth-order valence-electron chi connectivity index (χ4n) is 4.92. The Morgan fingerprint density at radius 1 is 1.15 bits per heavy atom. The summed E-state index contributed by atoms with van der Waals surface area (Å²) >= 11 is 0. The molecule has 2 N–H and O–H groups in total. The fourth-order valence-corrected chi connectivity index (χ4v) is 4.92. The number of hydrogen-bond acceptors (Lipinski definition) is 5. The van der Waals surface area contributed by atoms with Crippen LogP contribution in [0, 0.1) is 5.41 Å². The number of carbonyl (C=O) groups excluding carboxylic acids is 2. The first-order chi connectivity index (χ1) is 15.8. The third-order valence-corrected chi connectivity index (χ3v) is 6.32. The van der Waals surface area contributed by atoms with Crippen molar-refractivity contribution in [2.75, 3.05) is 30.4 Å². The van der Waals surface area contributed by atoms with E-state index in [1.165, 1.54) is 0 Å². The van der Waals surface area contributed by atoms with E-state index in [2.05, 4.69) is 24.5 Å². The second-order valence-electron chi connectivity index (χ2n) is 9.60. The van der Waals surface area contributed by atoms with Gasteiger partial charge in [-0.15, -0.1) is 0 Å². The number of rotatable bonds is 6. The van der Waals surface area contributed by atoms with Gasteiger partial charge in [-0.25, -0.2) is 0 Å². The van der Waals surface area contributed by atoms with Gasteiger partial charge in [0.25, 0.3) is 0 Å². The molecule has 1 heterocycles. The van der Waals surface area contributed by atoms with Gasteiger partial charge in [0.2, 0.25) is 5.91 Å². The first-order valence-corrected chi connectivity index (χ1v) is 11.6. The van der Waals surface area contributed by atoms with Crippen molar-refractivity contribution in [1.82, 2.24) is 5.32 Å². The van der Waals surface area contributed by atoms with Gasteiger partial charge in [-0.2, -0.15) is 0 Å². The Morgan fingerprint density at radius 3 is 2.64 bits per heavy atom. The fraction of sp³-hybridized carbons (Fsp3) is 0.407. The zero-order valence-electron chi connectivity index (χ0n) is 19.9. The third kappa shape index (κ3) is 4.61. The number of methoxy groups -OCH3 is 1. The molecule has 2 aromatic carbocycles. The smallest absolute Gasteiger partial charge is 0.239 e. The highest BCUT2D eigenvalue weighted by Gasteiger charge is 2.42. The lowest BCUT2D eigenvalue weighted by Crippen LogP contribution is -2.42. The minimum atomic E-state index is -0.441. The van der Waals surface area contributed by atoms with E-state index >= 15 is 0 Å². The summed E-state index contributed by atoms with van der Waals surface area (Å²) in [6, 6.07) is 15.3. The van der Waals surface area contributed by atoms with Gasteiger partial charge in [0.1, 0.15) is 5.75 Å². The Morgan fingerprint density at radius 2 is 1.88 bits per heavy atom. The Kier molecular flexibility index (Phi) is 6.45. The van der Waals surface area contributed by atoms with Crippen molar-refractivity contribution < 1.29 is 14.3 Å². The van der Waals surface area contributed by atoms with Crippen LogP contribution in [0.15, 0.2) is 59.8 Å². The topological polar surface area (TPSA) is 70.7 Å². The van der Waals surface area contributed by atoms with E-state index in [4.69, 9.17) is 4.74 Å². The number of ether oxygens (including phenoxy) is 1. The molecule has 6 heteroatoms. The molecule has 0 radical (unpaired) electrons. The van der Waals surface area contributed by atoms with Crippen LogP contribution < -0.4 is 20.3 Å². The number of amides is 1. The van der Waals surface area contributed by atoms with Gasteiger partial charge < -0.3 is 20.3 Å². The molecule has 1 atom stereocenters. The maximum atomic E-state index is 13.7. The van der Waals surface area contributed by atoms with Crippen molar-refractivity contribution in [2.45, 2.75) is 46.1 Å². The summed E-state index contributed by atoms with van der Waals surface area (Å²) in [4.78, 5) is 28.7. The second-order valence-corrected chi connectivity index (χ2v) is 9.60. The van der Waals surface area contributed by atoms with Crippen molar-refractivity contribution in [3.8, 4) is 5.75 Å². The van der Waals surface area contributed by atoms with Crippen LogP contribution in [-0.2, 0) is 9.59 Å². The molecule has 0 saturated heterocycles. The Hall–Kier alpha value is -3.28. The van der Waals surface area contributed by atoms with Crippen LogP contribution >= 0.6 is 0 Å². The normalized spacial score (nSPS) is 19.2.